The van der Waals surface area contributed by atoms with Crippen molar-refractivity contribution in [2.24, 2.45) is 0 Å². The molecule has 1 aliphatic rings. The molecular weight excluding hydrogens is 333 g/mol. The Labute approximate surface area is 145 Å². The highest BCUT2D eigenvalue weighted by molar-refractivity contribution is 6.30. The van der Waals surface area contributed by atoms with Crippen molar-refractivity contribution in [3.63, 3.8) is 0 Å². The normalized spacial score (nSPS) is 15.0. The van der Waals surface area contributed by atoms with Crippen molar-refractivity contribution in [2.75, 3.05) is 26.3 Å². The lowest BCUT2D eigenvalue weighted by molar-refractivity contribution is -0.135. The standard InChI is InChI=1S/C18H17Cl2NO2/c19-15-5-1-13(2-6-15)17(14-3-7-16(20)8-4-14)18(22)21-9-11-23-12-10-21/h1-8,17H,9-12H2. The molecule has 0 atom stereocenters. The van der Waals surface area contributed by atoms with Gasteiger partial charge >= 0.3 is 0 Å². The van der Waals surface area contributed by atoms with E-state index in [-0.39, 0.29) is 11.8 Å². The van der Waals surface area contributed by atoms with E-state index in [2.05, 4.69) is 0 Å². The predicted octanol–water partition coefficient (Wildman–Crippen LogP) is 3.98. The maximum absolute atomic E-state index is 13.1. The third kappa shape index (κ3) is 3.86. The molecule has 3 rings (SSSR count). The topological polar surface area (TPSA) is 29.5 Å². The van der Waals surface area contributed by atoms with Crippen molar-refractivity contribution in [3.05, 3.63) is 69.7 Å². The second kappa shape index (κ2) is 7.35. The zero-order valence-corrected chi connectivity index (χ0v) is 14.1. The van der Waals surface area contributed by atoms with E-state index in [1.54, 1.807) is 0 Å². The fourth-order valence-electron chi connectivity index (χ4n) is 2.75. The fourth-order valence-corrected chi connectivity index (χ4v) is 3.01. The summed E-state index contributed by atoms with van der Waals surface area (Å²) in [7, 11) is 0. The zero-order valence-electron chi connectivity index (χ0n) is 12.5. The summed E-state index contributed by atoms with van der Waals surface area (Å²) in [6.07, 6.45) is 0. The summed E-state index contributed by atoms with van der Waals surface area (Å²) in [5.41, 5.74) is 1.85. The summed E-state index contributed by atoms with van der Waals surface area (Å²) in [5, 5.41) is 1.31. The minimum Gasteiger partial charge on any atom is -0.378 e. The van der Waals surface area contributed by atoms with Gasteiger partial charge in [0.05, 0.1) is 19.1 Å². The molecule has 5 heteroatoms. The lowest BCUT2D eigenvalue weighted by atomic mass is 9.90. The van der Waals surface area contributed by atoms with E-state index in [1.165, 1.54) is 0 Å². The maximum atomic E-state index is 13.1. The van der Waals surface area contributed by atoms with Crippen molar-refractivity contribution >= 4 is 29.1 Å². The minimum atomic E-state index is -0.359. The highest BCUT2D eigenvalue weighted by atomic mass is 35.5. The smallest absolute Gasteiger partial charge is 0.234 e. The number of amides is 1. The van der Waals surface area contributed by atoms with Crippen LogP contribution in [-0.4, -0.2) is 37.1 Å². The molecule has 2 aromatic rings. The molecule has 1 aliphatic heterocycles. The molecule has 0 aliphatic carbocycles. The van der Waals surface area contributed by atoms with E-state index in [0.29, 0.717) is 36.3 Å². The number of carbonyl (C=O) groups is 1. The molecule has 0 aromatic heterocycles. The molecule has 1 amide bonds. The summed E-state index contributed by atoms with van der Waals surface area (Å²) in [4.78, 5) is 14.9. The number of ether oxygens (including phenoxy) is 1. The molecule has 3 nitrogen and oxygen atoms in total. The Hall–Kier alpha value is -1.55. The summed E-state index contributed by atoms with van der Waals surface area (Å²) >= 11 is 12.0. The average Bonchev–Trinajstić information content (AvgIpc) is 2.59. The van der Waals surface area contributed by atoms with Gasteiger partial charge < -0.3 is 9.64 Å². The van der Waals surface area contributed by atoms with Crippen molar-refractivity contribution < 1.29 is 9.53 Å². The molecule has 0 radical (unpaired) electrons. The van der Waals surface area contributed by atoms with Gasteiger partial charge in [-0.05, 0) is 35.4 Å². The zero-order chi connectivity index (χ0) is 16.2. The van der Waals surface area contributed by atoms with Crippen LogP contribution in [0.3, 0.4) is 0 Å². The van der Waals surface area contributed by atoms with Crippen LogP contribution in [0.4, 0.5) is 0 Å². The quantitative estimate of drug-likeness (QED) is 0.838. The van der Waals surface area contributed by atoms with Crippen LogP contribution in [0.15, 0.2) is 48.5 Å². The van der Waals surface area contributed by atoms with Gasteiger partial charge in [-0.1, -0.05) is 47.5 Å². The van der Waals surface area contributed by atoms with Crippen molar-refractivity contribution in [1.29, 1.82) is 0 Å². The number of carbonyl (C=O) groups excluding carboxylic acids is 1. The van der Waals surface area contributed by atoms with Crippen LogP contribution < -0.4 is 0 Å². The molecule has 0 saturated carbocycles. The number of hydrogen-bond acceptors (Lipinski definition) is 2. The molecule has 0 unspecified atom stereocenters. The number of nitrogens with zero attached hydrogens (tertiary/aromatic N) is 1. The van der Waals surface area contributed by atoms with Gasteiger partial charge in [-0.25, -0.2) is 0 Å². The number of hydrogen-bond donors (Lipinski definition) is 0. The van der Waals surface area contributed by atoms with Crippen molar-refractivity contribution in [3.8, 4) is 0 Å². The molecule has 0 N–H and O–H groups in total. The largest absolute Gasteiger partial charge is 0.378 e. The molecule has 2 aromatic carbocycles. The van der Waals surface area contributed by atoms with E-state index in [1.807, 2.05) is 53.4 Å². The van der Waals surface area contributed by atoms with Crippen molar-refractivity contribution in [1.82, 2.24) is 4.90 Å². The Morgan fingerprint density at radius 1 is 0.870 bits per heavy atom. The highest BCUT2D eigenvalue weighted by Gasteiger charge is 2.28. The van der Waals surface area contributed by atoms with E-state index in [0.717, 1.165) is 11.1 Å². The first-order valence-electron chi connectivity index (χ1n) is 7.52. The highest BCUT2D eigenvalue weighted by Crippen LogP contribution is 2.29. The number of benzene rings is 2. The van der Waals surface area contributed by atoms with Crippen LogP contribution in [0.5, 0.6) is 0 Å². The van der Waals surface area contributed by atoms with E-state index >= 15 is 0 Å². The lowest BCUT2D eigenvalue weighted by Gasteiger charge is -2.31. The summed E-state index contributed by atoms with van der Waals surface area (Å²) in [5.74, 6) is -0.277. The summed E-state index contributed by atoms with van der Waals surface area (Å²) in [6, 6.07) is 14.9. The Kier molecular flexibility index (Phi) is 5.21. The van der Waals surface area contributed by atoms with E-state index < -0.39 is 0 Å². The Balaban J connectivity index is 1.96. The van der Waals surface area contributed by atoms with Crippen LogP contribution >= 0.6 is 23.2 Å². The second-order valence-electron chi connectivity index (χ2n) is 5.47. The van der Waals surface area contributed by atoms with E-state index in [4.69, 9.17) is 27.9 Å². The molecular formula is C18H17Cl2NO2. The Bertz CT molecular complexity index is 619. The van der Waals surface area contributed by atoms with Crippen LogP contribution in [0.2, 0.25) is 10.0 Å². The average molecular weight is 350 g/mol. The minimum absolute atomic E-state index is 0.0814. The maximum Gasteiger partial charge on any atom is 0.234 e. The summed E-state index contributed by atoms with van der Waals surface area (Å²) < 4.78 is 5.34. The summed E-state index contributed by atoms with van der Waals surface area (Å²) in [6.45, 7) is 2.41. The Morgan fingerprint density at radius 2 is 1.30 bits per heavy atom. The van der Waals surface area contributed by atoms with Gasteiger partial charge in [0, 0.05) is 23.1 Å². The van der Waals surface area contributed by atoms with Gasteiger partial charge in [-0.3, -0.25) is 4.79 Å². The van der Waals surface area contributed by atoms with Gasteiger partial charge in [0.15, 0.2) is 0 Å². The van der Waals surface area contributed by atoms with Crippen LogP contribution in [0, 0.1) is 0 Å². The number of rotatable bonds is 3. The molecule has 23 heavy (non-hydrogen) atoms. The predicted molar refractivity (Wildman–Crippen MR) is 92.1 cm³/mol. The second-order valence-corrected chi connectivity index (χ2v) is 6.35. The molecule has 120 valence electrons. The van der Waals surface area contributed by atoms with Crippen LogP contribution in [0.1, 0.15) is 17.0 Å². The van der Waals surface area contributed by atoms with E-state index in [9.17, 15) is 4.79 Å². The first-order valence-corrected chi connectivity index (χ1v) is 8.28. The number of morpholine rings is 1. The lowest BCUT2D eigenvalue weighted by Crippen LogP contribution is -2.43. The molecule has 1 saturated heterocycles. The Morgan fingerprint density at radius 3 is 1.74 bits per heavy atom. The van der Waals surface area contributed by atoms with Crippen molar-refractivity contribution in [2.45, 2.75) is 5.92 Å². The van der Waals surface area contributed by atoms with Crippen LogP contribution in [-0.2, 0) is 9.53 Å². The van der Waals surface area contributed by atoms with Gasteiger partial charge in [-0.15, -0.1) is 0 Å². The van der Waals surface area contributed by atoms with Gasteiger partial charge in [0.2, 0.25) is 5.91 Å². The molecule has 0 bridgehead atoms. The van der Waals surface area contributed by atoms with Gasteiger partial charge in [-0.2, -0.15) is 0 Å². The SMILES string of the molecule is O=C(C(c1ccc(Cl)cc1)c1ccc(Cl)cc1)N1CCOCC1. The molecule has 0 spiro atoms. The van der Waals surface area contributed by atoms with Crippen LogP contribution in [0.25, 0.3) is 0 Å². The third-order valence-corrected chi connectivity index (χ3v) is 4.48. The van der Waals surface area contributed by atoms with Gasteiger partial charge in [0.25, 0.3) is 0 Å². The first-order chi connectivity index (χ1) is 11.1. The number of halogens is 2. The third-order valence-electron chi connectivity index (χ3n) is 3.98. The monoisotopic (exact) mass is 349 g/mol. The first kappa shape index (κ1) is 16.3. The fraction of sp³-hybridized carbons (Fsp3) is 0.278. The molecule has 1 heterocycles. The van der Waals surface area contributed by atoms with Gasteiger partial charge in [0.1, 0.15) is 0 Å². The molecule has 1 fully saturated rings.